The molecule has 160 valence electrons. The lowest BCUT2D eigenvalue weighted by Crippen LogP contribution is -2.37. The number of Topliss-reactive ketones (excluding diaryl/α,β-unsaturated/α-hetero) is 1. The molecule has 1 aliphatic carbocycles. The molecule has 2 aromatic carbocycles. The first kappa shape index (κ1) is 21.8. The number of benzene rings is 2. The van der Waals surface area contributed by atoms with Gasteiger partial charge in [-0.15, -0.1) is 0 Å². The molecule has 8 heteroatoms. The topological polar surface area (TPSA) is 92.8 Å². The third kappa shape index (κ3) is 5.82. The highest BCUT2D eigenvalue weighted by atomic mass is 32.2. The van der Waals surface area contributed by atoms with Crippen molar-refractivity contribution < 1.29 is 22.7 Å². The molecule has 0 spiro atoms. The molecule has 2 aromatic rings. The summed E-state index contributed by atoms with van der Waals surface area (Å²) in [6.07, 6.45) is 5.76. The Labute approximate surface area is 177 Å². The first-order valence-corrected chi connectivity index (χ1v) is 11.7. The van der Waals surface area contributed by atoms with Crippen molar-refractivity contribution in [3.63, 3.8) is 0 Å². The molecule has 0 saturated heterocycles. The molecule has 0 unspecified atom stereocenters. The van der Waals surface area contributed by atoms with Gasteiger partial charge in [-0.05, 0) is 69.0 Å². The van der Waals surface area contributed by atoms with Gasteiger partial charge in [-0.3, -0.25) is 13.9 Å². The molecule has 1 N–H and O–H groups in total. The second kappa shape index (κ2) is 9.30. The van der Waals surface area contributed by atoms with Gasteiger partial charge in [0.2, 0.25) is 15.9 Å². The summed E-state index contributed by atoms with van der Waals surface area (Å²) in [4.78, 5) is 24.1. The standard InChI is InChI=1S/C22H26N2O5S/c1-16(25)17-6-5-7-19(14-17)24(30(2,27)28)15-22(26)23-18-10-12-21(13-11-18)29-20-8-3-4-9-20/h5-7,10-14,20H,3-4,8-9,15H2,1-2H3,(H,23,26). The van der Waals surface area contributed by atoms with Gasteiger partial charge in [0.1, 0.15) is 12.3 Å². The number of hydrogen-bond acceptors (Lipinski definition) is 5. The Bertz CT molecular complexity index is 1010. The highest BCUT2D eigenvalue weighted by Gasteiger charge is 2.22. The fraction of sp³-hybridized carbons (Fsp3) is 0.364. The Morgan fingerprint density at radius 2 is 1.77 bits per heavy atom. The first-order chi connectivity index (χ1) is 14.2. The summed E-state index contributed by atoms with van der Waals surface area (Å²) >= 11 is 0. The van der Waals surface area contributed by atoms with Crippen LogP contribution in [0, 0.1) is 0 Å². The molecule has 1 saturated carbocycles. The third-order valence-electron chi connectivity index (χ3n) is 4.97. The number of ether oxygens (including phenoxy) is 1. The van der Waals surface area contributed by atoms with Gasteiger partial charge in [-0.1, -0.05) is 12.1 Å². The molecule has 3 rings (SSSR count). The van der Waals surface area contributed by atoms with E-state index >= 15 is 0 Å². The van der Waals surface area contributed by atoms with Crippen LogP contribution in [0.1, 0.15) is 43.0 Å². The van der Waals surface area contributed by atoms with Crippen molar-refractivity contribution in [2.24, 2.45) is 0 Å². The van der Waals surface area contributed by atoms with Gasteiger partial charge in [-0.25, -0.2) is 8.42 Å². The van der Waals surface area contributed by atoms with Gasteiger partial charge in [0.05, 0.1) is 18.0 Å². The molecular formula is C22H26N2O5S. The lowest BCUT2D eigenvalue weighted by molar-refractivity contribution is -0.114. The summed E-state index contributed by atoms with van der Waals surface area (Å²) in [6, 6.07) is 13.2. The lowest BCUT2D eigenvalue weighted by Gasteiger charge is -2.22. The number of carbonyl (C=O) groups is 2. The van der Waals surface area contributed by atoms with Crippen LogP contribution in [0.2, 0.25) is 0 Å². The number of hydrogen-bond donors (Lipinski definition) is 1. The number of ketones is 1. The molecule has 7 nitrogen and oxygen atoms in total. The van der Waals surface area contributed by atoms with E-state index in [-0.39, 0.29) is 17.6 Å². The van der Waals surface area contributed by atoms with Crippen molar-refractivity contribution in [1.82, 2.24) is 0 Å². The van der Waals surface area contributed by atoms with Gasteiger partial charge < -0.3 is 10.1 Å². The monoisotopic (exact) mass is 430 g/mol. The maximum absolute atomic E-state index is 12.5. The smallest absolute Gasteiger partial charge is 0.245 e. The van der Waals surface area contributed by atoms with E-state index in [2.05, 4.69) is 5.32 Å². The van der Waals surface area contributed by atoms with Gasteiger partial charge in [0, 0.05) is 11.3 Å². The fourth-order valence-electron chi connectivity index (χ4n) is 3.43. The molecule has 1 fully saturated rings. The second-order valence-electron chi connectivity index (χ2n) is 7.47. The van der Waals surface area contributed by atoms with Crippen LogP contribution in [0.3, 0.4) is 0 Å². The van der Waals surface area contributed by atoms with E-state index in [0.717, 1.165) is 29.2 Å². The maximum atomic E-state index is 12.5. The van der Waals surface area contributed by atoms with Crippen molar-refractivity contribution in [1.29, 1.82) is 0 Å². The summed E-state index contributed by atoms with van der Waals surface area (Å²) in [7, 11) is -3.73. The average molecular weight is 431 g/mol. The van der Waals surface area contributed by atoms with E-state index in [0.29, 0.717) is 11.3 Å². The summed E-state index contributed by atoms with van der Waals surface area (Å²) in [5.41, 5.74) is 1.18. The van der Waals surface area contributed by atoms with E-state index in [1.54, 1.807) is 42.5 Å². The van der Waals surface area contributed by atoms with Crippen LogP contribution < -0.4 is 14.4 Å². The molecular weight excluding hydrogens is 404 g/mol. The van der Waals surface area contributed by atoms with Crippen molar-refractivity contribution in [3.8, 4) is 5.75 Å². The summed E-state index contributed by atoms with van der Waals surface area (Å²) < 4.78 is 31.4. The SMILES string of the molecule is CC(=O)c1cccc(N(CC(=O)Nc2ccc(OC3CCCC3)cc2)S(C)(=O)=O)c1. The lowest BCUT2D eigenvalue weighted by atomic mass is 10.1. The Hall–Kier alpha value is -2.87. The van der Waals surface area contributed by atoms with E-state index in [4.69, 9.17) is 4.74 Å². The molecule has 1 aliphatic rings. The largest absolute Gasteiger partial charge is 0.490 e. The Kier molecular flexibility index (Phi) is 6.77. The number of sulfonamides is 1. The zero-order valence-corrected chi connectivity index (χ0v) is 17.9. The van der Waals surface area contributed by atoms with Crippen LogP contribution >= 0.6 is 0 Å². The number of amides is 1. The van der Waals surface area contributed by atoms with E-state index in [1.807, 2.05) is 0 Å². The zero-order chi connectivity index (χ0) is 21.7. The molecule has 0 atom stereocenters. The van der Waals surface area contributed by atoms with Crippen molar-refractivity contribution >= 4 is 33.1 Å². The number of nitrogens with zero attached hydrogens (tertiary/aromatic N) is 1. The zero-order valence-electron chi connectivity index (χ0n) is 17.1. The summed E-state index contributed by atoms with van der Waals surface area (Å²) in [5, 5.41) is 2.70. The quantitative estimate of drug-likeness (QED) is 0.646. The third-order valence-corrected chi connectivity index (χ3v) is 6.11. The predicted molar refractivity (Wildman–Crippen MR) is 117 cm³/mol. The van der Waals surface area contributed by atoms with Gasteiger partial charge in [-0.2, -0.15) is 0 Å². The fourth-order valence-corrected chi connectivity index (χ4v) is 4.27. The second-order valence-corrected chi connectivity index (χ2v) is 9.38. The molecule has 1 amide bonds. The Morgan fingerprint density at radius 1 is 1.10 bits per heavy atom. The predicted octanol–water partition coefficient (Wildman–Crippen LogP) is 3.62. The number of carbonyl (C=O) groups excluding carboxylic acids is 2. The Morgan fingerprint density at radius 3 is 2.37 bits per heavy atom. The molecule has 0 heterocycles. The van der Waals surface area contributed by atoms with Crippen LogP contribution in [0.25, 0.3) is 0 Å². The summed E-state index contributed by atoms with van der Waals surface area (Å²) in [5.74, 6) is 0.0755. The van der Waals surface area contributed by atoms with E-state index in [1.165, 1.54) is 25.8 Å². The van der Waals surface area contributed by atoms with Crippen molar-refractivity contribution in [3.05, 3.63) is 54.1 Å². The van der Waals surface area contributed by atoms with Gasteiger partial charge in [0.25, 0.3) is 0 Å². The van der Waals surface area contributed by atoms with Crippen LogP contribution in [0.4, 0.5) is 11.4 Å². The molecule has 0 aliphatic heterocycles. The minimum Gasteiger partial charge on any atom is -0.490 e. The van der Waals surface area contributed by atoms with E-state index < -0.39 is 22.5 Å². The number of nitrogens with one attached hydrogen (secondary N) is 1. The maximum Gasteiger partial charge on any atom is 0.245 e. The Balaban J connectivity index is 1.67. The van der Waals surface area contributed by atoms with Crippen LogP contribution in [0.5, 0.6) is 5.75 Å². The molecule has 0 bridgehead atoms. The normalized spacial score (nSPS) is 14.3. The van der Waals surface area contributed by atoms with Crippen molar-refractivity contribution in [2.75, 3.05) is 22.4 Å². The highest BCUT2D eigenvalue weighted by Crippen LogP contribution is 2.25. The molecule has 0 radical (unpaired) electrons. The average Bonchev–Trinajstić information content (AvgIpc) is 3.20. The highest BCUT2D eigenvalue weighted by molar-refractivity contribution is 7.92. The minimum absolute atomic E-state index is 0.185. The van der Waals surface area contributed by atoms with E-state index in [9.17, 15) is 18.0 Å². The molecule has 0 aromatic heterocycles. The van der Waals surface area contributed by atoms with Crippen molar-refractivity contribution in [2.45, 2.75) is 38.7 Å². The van der Waals surface area contributed by atoms with Crippen LogP contribution in [-0.2, 0) is 14.8 Å². The van der Waals surface area contributed by atoms with Crippen LogP contribution in [-0.4, -0.2) is 39.0 Å². The van der Waals surface area contributed by atoms with Crippen LogP contribution in [0.15, 0.2) is 48.5 Å². The van der Waals surface area contributed by atoms with Gasteiger partial charge in [0.15, 0.2) is 5.78 Å². The summed E-state index contributed by atoms with van der Waals surface area (Å²) in [6.45, 7) is 0.997. The molecule has 30 heavy (non-hydrogen) atoms. The number of anilines is 2. The minimum atomic E-state index is -3.73. The first-order valence-electron chi connectivity index (χ1n) is 9.87. The number of rotatable bonds is 8. The van der Waals surface area contributed by atoms with Gasteiger partial charge >= 0.3 is 0 Å².